The second-order valence-corrected chi connectivity index (χ2v) is 20.7. The third-order valence-electron chi connectivity index (χ3n) is 4.11. The summed E-state index contributed by atoms with van der Waals surface area (Å²) in [6, 6.07) is 0. The summed E-state index contributed by atoms with van der Waals surface area (Å²) in [5, 5.41) is 0. The Morgan fingerprint density at radius 1 is 0.867 bits per heavy atom. The number of unbranched alkanes of at least 4 members (excludes halogenated alkanes) is 2. The molecule has 0 radical (unpaired) electrons. The molecule has 0 aromatic rings. The Labute approximate surface area is 102 Å². The van der Waals surface area contributed by atoms with E-state index >= 15 is 0 Å². The maximum atomic E-state index is 2.74. The molecule has 0 fully saturated rings. The topological polar surface area (TPSA) is 0 Å². The molecule has 0 aromatic carbocycles. The summed E-state index contributed by atoms with van der Waals surface area (Å²) in [6.07, 6.45) is 8.70. The quantitative estimate of drug-likeness (QED) is 0.467. The zero-order valence-corrected chi connectivity index (χ0v) is 14.6. The van der Waals surface area contributed by atoms with E-state index in [1.807, 2.05) is 0 Å². The van der Waals surface area contributed by atoms with E-state index in [2.05, 4.69) is 32.6 Å². The van der Waals surface area contributed by atoms with Crippen LogP contribution < -0.4 is 0 Å². The first-order valence-corrected chi connectivity index (χ1v) is 15.6. The van der Waals surface area contributed by atoms with Crippen LogP contribution in [0.25, 0.3) is 0 Å². The molecule has 1 unspecified atom stereocenters. The van der Waals surface area contributed by atoms with E-state index in [9.17, 15) is 0 Å². The number of hydrogen-bond donors (Lipinski definition) is 0. The molecule has 0 aliphatic carbocycles. The molecule has 0 aromatic heterocycles. The van der Waals surface area contributed by atoms with Gasteiger partial charge in [0.1, 0.15) is 0 Å². The SMILES string of the molecule is CCC[CH2][Sn]([CH3])([CH2]CCC)[CH](C)CCC. The molecule has 1 heteroatoms. The average Bonchev–Trinajstić information content (AvgIpc) is 2.24. The van der Waals surface area contributed by atoms with E-state index in [0.717, 1.165) is 3.93 Å². The summed E-state index contributed by atoms with van der Waals surface area (Å²) in [6.45, 7) is 9.60. The molecule has 0 N–H and O–H groups in total. The Kier molecular flexibility index (Phi) is 9.37. The molecule has 0 heterocycles. The van der Waals surface area contributed by atoms with Crippen molar-refractivity contribution in [1.29, 1.82) is 0 Å². The van der Waals surface area contributed by atoms with Crippen LogP contribution in [0.3, 0.4) is 0 Å². The van der Waals surface area contributed by atoms with Gasteiger partial charge in [-0.05, 0) is 0 Å². The molecule has 0 spiro atoms. The fraction of sp³-hybridized carbons (Fsp3) is 1.00. The van der Waals surface area contributed by atoms with Crippen molar-refractivity contribution in [3.8, 4) is 0 Å². The van der Waals surface area contributed by atoms with Crippen molar-refractivity contribution >= 4 is 18.4 Å². The van der Waals surface area contributed by atoms with Gasteiger partial charge in [-0.25, -0.2) is 0 Å². The molecule has 0 aliphatic heterocycles. The first kappa shape index (κ1) is 15.8. The molecule has 0 aliphatic rings. The first-order valence-electron chi connectivity index (χ1n) is 7.10. The van der Waals surface area contributed by atoms with Gasteiger partial charge in [-0.2, -0.15) is 0 Å². The van der Waals surface area contributed by atoms with Crippen LogP contribution in [0, 0.1) is 0 Å². The molecule has 0 saturated carbocycles. The van der Waals surface area contributed by atoms with Crippen molar-refractivity contribution in [3.63, 3.8) is 0 Å². The van der Waals surface area contributed by atoms with E-state index in [4.69, 9.17) is 0 Å². The van der Waals surface area contributed by atoms with Crippen molar-refractivity contribution in [2.75, 3.05) is 0 Å². The Bertz CT molecular complexity index is 134. The predicted molar refractivity (Wildman–Crippen MR) is 75.4 cm³/mol. The van der Waals surface area contributed by atoms with E-state index in [0.29, 0.717) is 0 Å². The zero-order valence-electron chi connectivity index (χ0n) is 11.7. The molecule has 0 bridgehead atoms. The van der Waals surface area contributed by atoms with E-state index in [1.54, 1.807) is 8.87 Å². The number of rotatable bonds is 9. The fourth-order valence-electron chi connectivity index (χ4n) is 2.56. The Balaban J connectivity index is 4.23. The molecule has 0 nitrogen and oxygen atoms in total. The van der Waals surface area contributed by atoms with Crippen molar-refractivity contribution < 1.29 is 0 Å². The molecule has 0 saturated heterocycles. The summed E-state index contributed by atoms with van der Waals surface area (Å²) < 4.78 is 4.40. The molecule has 1 atom stereocenters. The van der Waals surface area contributed by atoms with Crippen molar-refractivity contribution in [2.45, 2.75) is 84.0 Å². The Hall–Kier alpha value is 0.799. The van der Waals surface area contributed by atoms with Crippen LogP contribution >= 0.6 is 0 Å². The number of hydrogen-bond acceptors (Lipinski definition) is 0. The molecule has 0 amide bonds. The van der Waals surface area contributed by atoms with Gasteiger partial charge >= 0.3 is 102 Å². The van der Waals surface area contributed by atoms with Crippen molar-refractivity contribution in [1.82, 2.24) is 0 Å². The summed E-state index contributed by atoms with van der Waals surface area (Å²) >= 11 is -1.70. The van der Waals surface area contributed by atoms with E-state index in [1.165, 1.54) is 38.5 Å². The summed E-state index contributed by atoms with van der Waals surface area (Å²) in [5.41, 5.74) is 0. The maximum absolute atomic E-state index is 2.74. The van der Waals surface area contributed by atoms with Gasteiger partial charge in [-0.3, -0.25) is 0 Å². The van der Waals surface area contributed by atoms with Gasteiger partial charge in [0.15, 0.2) is 0 Å². The standard InChI is InChI=1S/C5H11.2C4H9.CH3.Sn/c1-3-5-4-2;2*1-3-4-2;;/h3H,4-5H2,1-2H3;2*1,3-4H2,2H3;1H3;. The Morgan fingerprint density at radius 3 is 1.67 bits per heavy atom. The van der Waals surface area contributed by atoms with Crippen LogP contribution in [0.2, 0.25) is 17.7 Å². The molecular formula is C14H32Sn. The second kappa shape index (κ2) is 8.89. The normalized spacial score (nSPS) is 14.2. The zero-order chi connectivity index (χ0) is 11.7. The van der Waals surface area contributed by atoms with Gasteiger partial charge < -0.3 is 0 Å². The van der Waals surface area contributed by atoms with E-state index < -0.39 is 18.4 Å². The van der Waals surface area contributed by atoms with Gasteiger partial charge in [0.2, 0.25) is 0 Å². The van der Waals surface area contributed by atoms with Crippen LogP contribution in [0.1, 0.15) is 66.2 Å². The van der Waals surface area contributed by atoms with Gasteiger partial charge in [-0.1, -0.05) is 0 Å². The van der Waals surface area contributed by atoms with Gasteiger partial charge in [0.25, 0.3) is 0 Å². The van der Waals surface area contributed by atoms with Crippen LogP contribution in [0.5, 0.6) is 0 Å². The molecule has 15 heavy (non-hydrogen) atoms. The van der Waals surface area contributed by atoms with Crippen molar-refractivity contribution in [2.24, 2.45) is 0 Å². The third kappa shape index (κ3) is 6.18. The van der Waals surface area contributed by atoms with Crippen LogP contribution in [0.15, 0.2) is 0 Å². The summed E-state index contributed by atoms with van der Waals surface area (Å²) in [4.78, 5) is 2.74. The second-order valence-electron chi connectivity index (χ2n) is 5.55. The Morgan fingerprint density at radius 2 is 1.33 bits per heavy atom. The molecular weight excluding hydrogens is 287 g/mol. The molecule has 0 rings (SSSR count). The van der Waals surface area contributed by atoms with Gasteiger partial charge in [-0.15, -0.1) is 0 Å². The summed E-state index contributed by atoms with van der Waals surface area (Å²) in [5.74, 6) is 0. The molecule has 92 valence electrons. The van der Waals surface area contributed by atoms with Crippen LogP contribution in [-0.4, -0.2) is 18.4 Å². The van der Waals surface area contributed by atoms with Crippen molar-refractivity contribution in [3.05, 3.63) is 0 Å². The average molecular weight is 319 g/mol. The minimum absolute atomic E-state index is 1.11. The third-order valence-corrected chi connectivity index (χ3v) is 20.3. The van der Waals surface area contributed by atoms with Gasteiger partial charge in [0, 0.05) is 0 Å². The van der Waals surface area contributed by atoms with Gasteiger partial charge in [0.05, 0.1) is 0 Å². The monoisotopic (exact) mass is 320 g/mol. The predicted octanol–water partition coefficient (Wildman–Crippen LogP) is 5.86. The summed E-state index contributed by atoms with van der Waals surface area (Å²) in [7, 11) is 0. The fourth-order valence-corrected chi connectivity index (χ4v) is 15.5. The minimum atomic E-state index is -1.70. The van der Waals surface area contributed by atoms with Crippen LogP contribution in [-0.2, 0) is 0 Å². The van der Waals surface area contributed by atoms with E-state index in [-0.39, 0.29) is 0 Å². The first-order chi connectivity index (χ1) is 7.10. The van der Waals surface area contributed by atoms with Crippen LogP contribution in [0.4, 0.5) is 0 Å².